The standard InChI is InChI=1S/C30H28Cl2F2N4O3/c1-29(2,3)12-23-30(15-35,20-10-8-17(31)11-22(20)33)24(19-5-4-6-21(32)25(19)34)26(38-23)27(39)37-14-18-9-7-16(13-36-18)28(40)41/h4-11,13,23-24,26,38H,12,14H2,1-3H3,(H,37,39)(H,40,41)/t23-,24-,26+,30-/m0/s1. The number of amides is 1. The summed E-state index contributed by atoms with van der Waals surface area (Å²) < 4.78 is 31.4. The summed E-state index contributed by atoms with van der Waals surface area (Å²) in [5.41, 5.74) is -1.77. The van der Waals surface area contributed by atoms with Crippen LogP contribution < -0.4 is 10.6 Å². The molecule has 1 aliphatic rings. The van der Waals surface area contributed by atoms with Crippen molar-refractivity contribution in [2.24, 2.45) is 5.41 Å². The molecule has 2 heterocycles. The molecule has 3 aromatic rings. The smallest absolute Gasteiger partial charge is 0.337 e. The molecule has 1 aromatic heterocycles. The fourth-order valence-corrected chi connectivity index (χ4v) is 5.84. The van der Waals surface area contributed by atoms with E-state index in [-0.39, 0.29) is 38.7 Å². The molecule has 0 spiro atoms. The van der Waals surface area contributed by atoms with E-state index in [1.807, 2.05) is 20.8 Å². The summed E-state index contributed by atoms with van der Waals surface area (Å²) in [7, 11) is 0. The highest BCUT2D eigenvalue weighted by Crippen LogP contribution is 2.52. The highest BCUT2D eigenvalue weighted by molar-refractivity contribution is 6.31. The highest BCUT2D eigenvalue weighted by atomic mass is 35.5. The third kappa shape index (κ3) is 6.05. The molecule has 3 N–H and O–H groups in total. The lowest BCUT2D eigenvalue weighted by Crippen LogP contribution is -2.45. The van der Waals surface area contributed by atoms with Gasteiger partial charge in [-0.3, -0.25) is 9.78 Å². The van der Waals surface area contributed by atoms with Crippen molar-refractivity contribution in [2.75, 3.05) is 0 Å². The van der Waals surface area contributed by atoms with Gasteiger partial charge in [0.15, 0.2) is 0 Å². The maximum Gasteiger partial charge on any atom is 0.337 e. The number of benzene rings is 2. The summed E-state index contributed by atoms with van der Waals surface area (Å²) in [6.45, 7) is 5.78. The fourth-order valence-electron chi connectivity index (χ4n) is 5.50. The summed E-state index contributed by atoms with van der Waals surface area (Å²) in [4.78, 5) is 29.0. The normalized spacial score (nSPS) is 22.2. The maximum absolute atomic E-state index is 15.7. The van der Waals surface area contributed by atoms with E-state index in [1.165, 1.54) is 48.7 Å². The van der Waals surface area contributed by atoms with Crippen LogP contribution in [0.4, 0.5) is 8.78 Å². The van der Waals surface area contributed by atoms with E-state index in [0.29, 0.717) is 12.1 Å². The van der Waals surface area contributed by atoms with Crippen molar-refractivity contribution >= 4 is 35.1 Å². The molecule has 0 radical (unpaired) electrons. The molecule has 0 bridgehead atoms. The minimum Gasteiger partial charge on any atom is -0.478 e. The lowest BCUT2D eigenvalue weighted by atomic mass is 9.62. The molecule has 4 rings (SSSR count). The van der Waals surface area contributed by atoms with Crippen molar-refractivity contribution in [1.82, 2.24) is 15.6 Å². The summed E-state index contributed by atoms with van der Waals surface area (Å²) in [5.74, 6) is -4.48. The number of nitriles is 1. The Morgan fingerprint density at radius 3 is 2.49 bits per heavy atom. The van der Waals surface area contributed by atoms with Crippen LogP contribution in [0, 0.1) is 28.4 Å². The molecule has 0 aliphatic carbocycles. The number of aromatic carboxylic acids is 1. The molecule has 7 nitrogen and oxygen atoms in total. The predicted octanol–water partition coefficient (Wildman–Crippen LogP) is 6.00. The van der Waals surface area contributed by atoms with Crippen LogP contribution in [-0.2, 0) is 16.8 Å². The Kier molecular flexibility index (Phi) is 8.69. The van der Waals surface area contributed by atoms with Gasteiger partial charge < -0.3 is 15.7 Å². The zero-order valence-corrected chi connectivity index (χ0v) is 24.0. The molecule has 11 heteroatoms. The Morgan fingerprint density at radius 2 is 1.90 bits per heavy atom. The Morgan fingerprint density at radius 1 is 1.17 bits per heavy atom. The van der Waals surface area contributed by atoms with Crippen molar-refractivity contribution < 1.29 is 23.5 Å². The van der Waals surface area contributed by atoms with E-state index in [2.05, 4.69) is 21.7 Å². The number of rotatable bonds is 7. The minimum absolute atomic E-state index is 0.0113. The van der Waals surface area contributed by atoms with Gasteiger partial charge in [0.05, 0.1) is 34.9 Å². The number of carbonyl (C=O) groups excluding carboxylic acids is 1. The molecule has 214 valence electrons. The number of carbonyl (C=O) groups is 2. The first-order valence-electron chi connectivity index (χ1n) is 12.8. The third-order valence-corrected chi connectivity index (χ3v) is 7.77. The number of aromatic nitrogens is 1. The number of hydrogen-bond donors (Lipinski definition) is 3. The molecule has 1 amide bonds. The Balaban J connectivity index is 1.85. The minimum atomic E-state index is -1.74. The van der Waals surface area contributed by atoms with Gasteiger partial charge in [-0.05, 0) is 47.7 Å². The van der Waals surface area contributed by atoms with Gasteiger partial charge in [0.2, 0.25) is 5.91 Å². The molecule has 0 unspecified atom stereocenters. The van der Waals surface area contributed by atoms with Crippen LogP contribution >= 0.6 is 23.2 Å². The average Bonchev–Trinajstić information content (AvgIpc) is 3.22. The number of carboxylic acid groups (broad SMARTS) is 1. The number of nitrogens with zero attached hydrogens (tertiary/aromatic N) is 2. The molecule has 1 aliphatic heterocycles. The summed E-state index contributed by atoms with van der Waals surface area (Å²) in [5, 5.41) is 25.9. The van der Waals surface area contributed by atoms with Gasteiger partial charge in [0.25, 0.3) is 0 Å². The average molecular weight is 601 g/mol. The summed E-state index contributed by atoms with van der Waals surface area (Å²) in [6, 6.07) is 11.4. The van der Waals surface area contributed by atoms with Crippen molar-refractivity contribution in [3.05, 3.63) is 98.8 Å². The van der Waals surface area contributed by atoms with Crippen LogP contribution in [-0.4, -0.2) is 34.1 Å². The fraction of sp³-hybridized carbons (Fsp3) is 0.333. The van der Waals surface area contributed by atoms with Gasteiger partial charge in [-0.1, -0.05) is 62.2 Å². The number of halogens is 4. The number of nitrogens with one attached hydrogen (secondary N) is 2. The lowest BCUT2D eigenvalue weighted by Gasteiger charge is -2.37. The Hall–Kier alpha value is -3.58. The van der Waals surface area contributed by atoms with E-state index >= 15 is 8.78 Å². The SMILES string of the molecule is CC(C)(C)C[C@@H]1N[C@@H](C(=O)NCc2ccc(C(=O)O)cn2)[C@H](c2cccc(Cl)c2F)[C@@]1(C#N)c1ccc(Cl)cc1F. The quantitative estimate of drug-likeness (QED) is 0.306. The molecule has 1 fully saturated rings. The van der Waals surface area contributed by atoms with Crippen molar-refractivity contribution in [1.29, 1.82) is 5.26 Å². The van der Waals surface area contributed by atoms with E-state index in [9.17, 15) is 14.9 Å². The van der Waals surface area contributed by atoms with Crippen molar-refractivity contribution in [3.8, 4) is 6.07 Å². The van der Waals surface area contributed by atoms with Crippen LogP contribution in [0.15, 0.2) is 54.7 Å². The molecule has 0 saturated carbocycles. The Labute approximate surface area is 246 Å². The van der Waals surface area contributed by atoms with Crippen LogP contribution in [0.2, 0.25) is 10.0 Å². The number of pyridine rings is 1. The van der Waals surface area contributed by atoms with E-state index in [4.69, 9.17) is 28.3 Å². The monoisotopic (exact) mass is 600 g/mol. The second-order valence-corrected chi connectivity index (χ2v) is 12.1. The van der Waals surface area contributed by atoms with Crippen LogP contribution in [0.5, 0.6) is 0 Å². The second kappa shape index (κ2) is 11.7. The van der Waals surface area contributed by atoms with Crippen LogP contribution in [0.3, 0.4) is 0 Å². The third-order valence-electron chi connectivity index (χ3n) is 7.25. The predicted molar refractivity (Wildman–Crippen MR) is 151 cm³/mol. The number of hydrogen-bond acceptors (Lipinski definition) is 5. The highest BCUT2D eigenvalue weighted by Gasteiger charge is 2.61. The number of carboxylic acids is 1. The first-order valence-corrected chi connectivity index (χ1v) is 13.6. The van der Waals surface area contributed by atoms with Crippen LogP contribution in [0.25, 0.3) is 0 Å². The lowest BCUT2D eigenvalue weighted by molar-refractivity contribution is -0.123. The van der Waals surface area contributed by atoms with Gasteiger partial charge in [-0.15, -0.1) is 0 Å². The van der Waals surface area contributed by atoms with Crippen molar-refractivity contribution in [2.45, 2.75) is 57.2 Å². The van der Waals surface area contributed by atoms with Gasteiger partial charge in [-0.25, -0.2) is 13.6 Å². The van der Waals surface area contributed by atoms with Gasteiger partial charge in [-0.2, -0.15) is 5.26 Å². The van der Waals surface area contributed by atoms with Gasteiger partial charge in [0, 0.05) is 28.7 Å². The molecule has 41 heavy (non-hydrogen) atoms. The second-order valence-electron chi connectivity index (χ2n) is 11.2. The van der Waals surface area contributed by atoms with Crippen molar-refractivity contribution in [3.63, 3.8) is 0 Å². The molecule has 1 saturated heterocycles. The molecule has 4 atom stereocenters. The zero-order chi connectivity index (χ0) is 30.1. The summed E-state index contributed by atoms with van der Waals surface area (Å²) in [6.07, 6.45) is 1.51. The molecule has 2 aromatic carbocycles. The van der Waals surface area contributed by atoms with E-state index in [1.54, 1.807) is 0 Å². The van der Waals surface area contributed by atoms with Gasteiger partial charge in [0.1, 0.15) is 17.0 Å². The first-order chi connectivity index (χ1) is 19.3. The largest absolute Gasteiger partial charge is 0.478 e. The van der Waals surface area contributed by atoms with Crippen LogP contribution in [0.1, 0.15) is 60.3 Å². The van der Waals surface area contributed by atoms with E-state index < -0.39 is 46.9 Å². The molecular weight excluding hydrogens is 573 g/mol. The van der Waals surface area contributed by atoms with E-state index in [0.717, 1.165) is 6.07 Å². The summed E-state index contributed by atoms with van der Waals surface area (Å²) >= 11 is 12.2. The zero-order valence-electron chi connectivity index (χ0n) is 22.5. The van der Waals surface area contributed by atoms with Gasteiger partial charge >= 0.3 is 5.97 Å². The maximum atomic E-state index is 15.7. The first kappa shape index (κ1) is 30.4. The Bertz CT molecular complexity index is 1520. The topological polar surface area (TPSA) is 115 Å². The molecular formula is C30H28Cl2F2N4O3.